The van der Waals surface area contributed by atoms with E-state index < -0.39 is 0 Å². The van der Waals surface area contributed by atoms with Gasteiger partial charge in [0.15, 0.2) is 0 Å². The SMILES string of the molecule is Cc1ccc2c(C3CCCCC3)c3n(c2c1)CCN(CC(=O)N1CCSCC1)c1ccccc1-3. The van der Waals surface area contributed by atoms with Gasteiger partial charge < -0.3 is 14.4 Å². The lowest BCUT2D eigenvalue weighted by atomic mass is 9.81. The predicted octanol–water partition coefficient (Wildman–Crippen LogP) is 6.06. The van der Waals surface area contributed by atoms with E-state index in [4.69, 9.17) is 0 Å². The van der Waals surface area contributed by atoms with Crippen LogP contribution in [0.15, 0.2) is 42.5 Å². The third-order valence-electron chi connectivity index (χ3n) is 8.06. The van der Waals surface area contributed by atoms with Gasteiger partial charge in [0.25, 0.3) is 0 Å². The van der Waals surface area contributed by atoms with Gasteiger partial charge >= 0.3 is 0 Å². The molecule has 178 valence electrons. The van der Waals surface area contributed by atoms with Crippen LogP contribution in [0.5, 0.6) is 0 Å². The number of carbonyl (C=O) groups is 1. The molecule has 0 atom stereocenters. The van der Waals surface area contributed by atoms with E-state index in [2.05, 4.69) is 63.8 Å². The highest BCUT2D eigenvalue weighted by molar-refractivity contribution is 7.99. The summed E-state index contributed by atoms with van der Waals surface area (Å²) >= 11 is 1.95. The van der Waals surface area contributed by atoms with E-state index in [1.54, 1.807) is 5.56 Å². The smallest absolute Gasteiger partial charge is 0.242 e. The van der Waals surface area contributed by atoms with Gasteiger partial charge in [-0.3, -0.25) is 4.79 Å². The summed E-state index contributed by atoms with van der Waals surface area (Å²) in [5.41, 5.74) is 8.17. The molecule has 0 unspecified atom stereocenters. The molecule has 0 radical (unpaired) electrons. The first-order valence-corrected chi connectivity index (χ1v) is 14.2. The number of thioether (sulfide) groups is 1. The lowest BCUT2D eigenvalue weighted by Crippen LogP contribution is -2.44. The first-order chi connectivity index (χ1) is 16.7. The molecule has 2 fully saturated rings. The van der Waals surface area contributed by atoms with Crippen molar-refractivity contribution in [2.45, 2.75) is 51.5 Å². The van der Waals surface area contributed by atoms with Gasteiger partial charge in [0.05, 0.1) is 12.2 Å². The molecule has 1 aliphatic carbocycles. The van der Waals surface area contributed by atoms with E-state index in [0.29, 0.717) is 12.5 Å². The fourth-order valence-corrected chi connectivity index (χ4v) is 7.25. The minimum absolute atomic E-state index is 0.273. The summed E-state index contributed by atoms with van der Waals surface area (Å²) in [6, 6.07) is 15.9. The molecule has 3 aliphatic rings. The predicted molar refractivity (Wildman–Crippen MR) is 144 cm³/mol. The summed E-state index contributed by atoms with van der Waals surface area (Å²) in [6.45, 7) is 6.22. The largest absolute Gasteiger partial charge is 0.360 e. The topological polar surface area (TPSA) is 28.5 Å². The summed E-state index contributed by atoms with van der Waals surface area (Å²) in [4.78, 5) is 17.7. The molecule has 1 amide bonds. The Balaban J connectivity index is 1.46. The number of aromatic nitrogens is 1. The van der Waals surface area contributed by atoms with Crippen LogP contribution in [-0.2, 0) is 11.3 Å². The van der Waals surface area contributed by atoms with Crippen molar-refractivity contribution >= 4 is 34.3 Å². The van der Waals surface area contributed by atoms with Gasteiger partial charge in [-0.2, -0.15) is 11.8 Å². The second-order valence-corrected chi connectivity index (χ2v) is 11.4. The number of rotatable bonds is 3. The fraction of sp³-hybridized carbons (Fsp3) is 0.483. The molecule has 1 aromatic heterocycles. The molecule has 0 spiro atoms. The standard InChI is InChI=1S/C29H35N3OS/c1-21-11-12-23-26(19-21)32-14-13-31(20-27(33)30-15-17-34-18-16-30)25-10-6-5-9-24(25)29(32)28(23)22-7-3-2-4-8-22/h5-6,9-12,19,22H,2-4,7-8,13-18,20H2,1H3. The number of amides is 1. The van der Waals surface area contributed by atoms with Crippen LogP contribution in [0.3, 0.4) is 0 Å². The Morgan fingerprint density at radius 1 is 0.971 bits per heavy atom. The average Bonchev–Trinajstić information content (AvgIpc) is 3.11. The van der Waals surface area contributed by atoms with Crippen LogP contribution in [-0.4, -0.2) is 53.1 Å². The molecule has 3 heterocycles. The minimum Gasteiger partial charge on any atom is -0.360 e. The molecule has 5 heteroatoms. The quantitative estimate of drug-likeness (QED) is 0.463. The zero-order valence-electron chi connectivity index (χ0n) is 20.3. The third-order valence-corrected chi connectivity index (χ3v) is 9.00. The van der Waals surface area contributed by atoms with Crippen molar-refractivity contribution in [1.29, 1.82) is 0 Å². The first kappa shape index (κ1) is 22.1. The molecule has 0 N–H and O–H groups in total. The second-order valence-electron chi connectivity index (χ2n) is 10.2. The van der Waals surface area contributed by atoms with Crippen molar-refractivity contribution in [2.24, 2.45) is 0 Å². The lowest BCUT2D eigenvalue weighted by Gasteiger charge is -2.31. The van der Waals surface area contributed by atoms with Crippen molar-refractivity contribution < 1.29 is 4.79 Å². The highest BCUT2D eigenvalue weighted by Crippen LogP contribution is 2.47. The number of carbonyl (C=O) groups excluding carboxylic acids is 1. The van der Waals surface area contributed by atoms with Crippen LogP contribution >= 0.6 is 11.8 Å². The second kappa shape index (κ2) is 9.33. The number of anilines is 1. The Hall–Kier alpha value is -2.40. The molecular formula is C29H35N3OS. The Bertz CT molecular complexity index is 1200. The summed E-state index contributed by atoms with van der Waals surface area (Å²) in [7, 11) is 0. The minimum atomic E-state index is 0.273. The summed E-state index contributed by atoms with van der Waals surface area (Å²) in [5.74, 6) is 3.02. The normalized spacial score (nSPS) is 19.1. The Morgan fingerprint density at radius 3 is 2.59 bits per heavy atom. The number of hydrogen-bond acceptors (Lipinski definition) is 3. The van der Waals surface area contributed by atoms with Crippen LogP contribution in [0.25, 0.3) is 22.2 Å². The van der Waals surface area contributed by atoms with Crippen LogP contribution < -0.4 is 4.90 Å². The Kier molecular flexibility index (Phi) is 6.06. The van der Waals surface area contributed by atoms with Crippen LogP contribution in [0.1, 0.15) is 49.1 Å². The van der Waals surface area contributed by atoms with Crippen molar-refractivity contribution in [2.75, 3.05) is 42.6 Å². The van der Waals surface area contributed by atoms with E-state index in [1.807, 2.05) is 11.8 Å². The van der Waals surface area contributed by atoms with E-state index in [1.165, 1.54) is 65.5 Å². The van der Waals surface area contributed by atoms with Crippen molar-refractivity contribution in [3.8, 4) is 11.3 Å². The maximum Gasteiger partial charge on any atom is 0.242 e. The Morgan fingerprint density at radius 2 is 1.76 bits per heavy atom. The molecule has 34 heavy (non-hydrogen) atoms. The number of hydrogen-bond donors (Lipinski definition) is 0. The molecule has 3 aromatic rings. The van der Waals surface area contributed by atoms with E-state index >= 15 is 0 Å². The zero-order chi connectivity index (χ0) is 23.1. The lowest BCUT2D eigenvalue weighted by molar-refractivity contribution is -0.129. The van der Waals surface area contributed by atoms with Gasteiger partial charge in [-0.15, -0.1) is 0 Å². The van der Waals surface area contributed by atoms with E-state index in [0.717, 1.165) is 37.7 Å². The highest BCUT2D eigenvalue weighted by Gasteiger charge is 2.31. The number of para-hydroxylation sites is 1. The number of aryl methyl sites for hydroxylation is 1. The van der Waals surface area contributed by atoms with Crippen LogP contribution in [0.4, 0.5) is 5.69 Å². The van der Waals surface area contributed by atoms with Gasteiger partial charge in [0, 0.05) is 59.8 Å². The van der Waals surface area contributed by atoms with Crippen molar-refractivity contribution in [3.05, 3.63) is 53.6 Å². The summed E-state index contributed by atoms with van der Waals surface area (Å²) in [6.07, 6.45) is 6.61. The fourth-order valence-electron chi connectivity index (χ4n) is 6.34. The molecule has 1 saturated carbocycles. The van der Waals surface area contributed by atoms with E-state index in [-0.39, 0.29) is 5.91 Å². The van der Waals surface area contributed by atoms with Gasteiger partial charge in [0.1, 0.15) is 0 Å². The molecule has 0 bridgehead atoms. The maximum absolute atomic E-state index is 13.2. The van der Waals surface area contributed by atoms with Gasteiger partial charge in [-0.25, -0.2) is 0 Å². The van der Waals surface area contributed by atoms with Crippen molar-refractivity contribution in [1.82, 2.24) is 9.47 Å². The third kappa shape index (κ3) is 3.92. The van der Waals surface area contributed by atoms with Crippen molar-refractivity contribution in [3.63, 3.8) is 0 Å². The molecular weight excluding hydrogens is 438 g/mol. The van der Waals surface area contributed by atoms with E-state index in [9.17, 15) is 4.79 Å². The van der Waals surface area contributed by atoms with Crippen LogP contribution in [0.2, 0.25) is 0 Å². The maximum atomic E-state index is 13.2. The summed E-state index contributed by atoms with van der Waals surface area (Å²) < 4.78 is 2.58. The van der Waals surface area contributed by atoms with Gasteiger partial charge in [0.2, 0.25) is 5.91 Å². The number of fused-ring (bicyclic) bond motifs is 5. The zero-order valence-corrected chi connectivity index (χ0v) is 21.1. The average molecular weight is 474 g/mol. The summed E-state index contributed by atoms with van der Waals surface area (Å²) in [5, 5.41) is 1.44. The monoisotopic (exact) mass is 473 g/mol. The highest BCUT2D eigenvalue weighted by atomic mass is 32.2. The molecule has 4 nitrogen and oxygen atoms in total. The number of nitrogens with zero attached hydrogens (tertiary/aromatic N) is 3. The molecule has 2 aromatic carbocycles. The molecule has 1 saturated heterocycles. The van der Waals surface area contributed by atoms with Crippen LogP contribution in [0, 0.1) is 6.92 Å². The van der Waals surface area contributed by atoms with Gasteiger partial charge in [-0.1, -0.05) is 49.6 Å². The number of benzene rings is 2. The first-order valence-electron chi connectivity index (χ1n) is 13.0. The van der Waals surface area contributed by atoms with Gasteiger partial charge in [-0.05, 0) is 48.9 Å². The molecule has 2 aliphatic heterocycles. The molecule has 6 rings (SSSR count). The Labute approximate surface area is 207 Å².